The number of Topliss-reactive ketones (excluding diaryl/α,β-unsaturated/α-hetero) is 1. The lowest BCUT2D eigenvalue weighted by Crippen LogP contribution is -2.31. The SMILES string of the molecule is CC(C)(C)c1nnc(CC(=O)[C@@H]2CCCN2)s1.Cl. The minimum absolute atomic E-state index is 0. The third kappa shape index (κ3) is 3.73. The molecular weight excluding hydrogens is 270 g/mol. The van der Waals surface area contributed by atoms with Crippen molar-refractivity contribution >= 4 is 29.5 Å². The average molecular weight is 290 g/mol. The van der Waals surface area contributed by atoms with E-state index < -0.39 is 0 Å². The summed E-state index contributed by atoms with van der Waals surface area (Å²) < 4.78 is 0. The highest BCUT2D eigenvalue weighted by Crippen LogP contribution is 2.25. The van der Waals surface area contributed by atoms with Gasteiger partial charge in [0.25, 0.3) is 0 Å². The summed E-state index contributed by atoms with van der Waals surface area (Å²) in [5.74, 6) is 0.249. The lowest BCUT2D eigenvalue weighted by molar-refractivity contribution is -0.120. The molecule has 6 heteroatoms. The molecule has 1 aromatic rings. The van der Waals surface area contributed by atoms with Crippen LogP contribution in [0.5, 0.6) is 0 Å². The summed E-state index contributed by atoms with van der Waals surface area (Å²) in [4.78, 5) is 12.0. The molecule has 1 aromatic heterocycles. The van der Waals surface area contributed by atoms with E-state index in [0.717, 1.165) is 29.4 Å². The van der Waals surface area contributed by atoms with Crippen molar-refractivity contribution in [3.8, 4) is 0 Å². The first-order chi connectivity index (χ1) is 7.97. The van der Waals surface area contributed by atoms with Gasteiger partial charge in [-0.25, -0.2) is 0 Å². The monoisotopic (exact) mass is 289 g/mol. The predicted octanol–water partition coefficient (Wildman–Crippen LogP) is 2.12. The minimum atomic E-state index is 0. The number of hydrogen-bond donors (Lipinski definition) is 1. The number of carbonyl (C=O) groups excluding carboxylic acids is 1. The van der Waals surface area contributed by atoms with Crippen LogP contribution in [0.3, 0.4) is 0 Å². The molecule has 2 heterocycles. The maximum atomic E-state index is 12.0. The van der Waals surface area contributed by atoms with E-state index in [2.05, 4.69) is 36.3 Å². The van der Waals surface area contributed by atoms with Gasteiger partial charge in [-0.2, -0.15) is 0 Å². The van der Waals surface area contributed by atoms with Crippen LogP contribution >= 0.6 is 23.7 Å². The van der Waals surface area contributed by atoms with Crippen molar-refractivity contribution in [2.45, 2.75) is 51.5 Å². The van der Waals surface area contributed by atoms with Gasteiger partial charge in [-0.05, 0) is 19.4 Å². The third-order valence-corrected chi connectivity index (χ3v) is 4.23. The number of rotatable bonds is 3. The quantitative estimate of drug-likeness (QED) is 0.926. The first kappa shape index (κ1) is 15.5. The van der Waals surface area contributed by atoms with Crippen molar-refractivity contribution in [3.63, 3.8) is 0 Å². The second kappa shape index (κ2) is 6.08. The number of hydrogen-bond acceptors (Lipinski definition) is 5. The minimum Gasteiger partial charge on any atom is -0.307 e. The van der Waals surface area contributed by atoms with E-state index in [1.54, 1.807) is 11.3 Å². The molecular formula is C12H20ClN3OS. The average Bonchev–Trinajstić information content (AvgIpc) is 2.85. The van der Waals surface area contributed by atoms with Crippen molar-refractivity contribution in [2.24, 2.45) is 0 Å². The third-order valence-electron chi connectivity index (χ3n) is 2.88. The Morgan fingerprint density at radius 1 is 1.44 bits per heavy atom. The first-order valence-corrected chi connectivity index (χ1v) is 6.87. The molecule has 0 bridgehead atoms. The van der Waals surface area contributed by atoms with Crippen LogP contribution in [-0.4, -0.2) is 28.6 Å². The molecule has 4 nitrogen and oxygen atoms in total. The Morgan fingerprint density at radius 2 is 2.17 bits per heavy atom. The van der Waals surface area contributed by atoms with Gasteiger partial charge in [0.2, 0.25) is 0 Å². The smallest absolute Gasteiger partial charge is 0.156 e. The van der Waals surface area contributed by atoms with Crippen LogP contribution in [0.1, 0.15) is 43.6 Å². The molecule has 0 saturated carbocycles. The van der Waals surface area contributed by atoms with Gasteiger partial charge in [0.15, 0.2) is 5.78 Å². The second-order valence-electron chi connectivity index (χ2n) is 5.54. The van der Waals surface area contributed by atoms with Crippen LogP contribution in [-0.2, 0) is 16.6 Å². The highest BCUT2D eigenvalue weighted by molar-refractivity contribution is 7.11. The van der Waals surface area contributed by atoms with Gasteiger partial charge in [0.05, 0.1) is 12.5 Å². The fraction of sp³-hybridized carbons (Fsp3) is 0.750. The Bertz CT molecular complexity index is 408. The Labute approximate surface area is 118 Å². The van der Waals surface area contributed by atoms with Crippen molar-refractivity contribution in [1.29, 1.82) is 0 Å². The number of nitrogens with zero attached hydrogens (tertiary/aromatic N) is 2. The van der Waals surface area contributed by atoms with Gasteiger partial charge in [-0.1, -0.05) is 20.8 Å². The van der Waals surface area contributed by atoms with Gasteiger partial charge in [0, 0.05) is 5.41 Å². The Balaban J connectivity index is 0.00000162. The number of ketones is 1. The zero-order chi connectivity index (χ0) is 12.5. The summed E-state index contributed by atoms with van der Waals surface area (Å²) in [6, 6.07) is 0.0389. The van der Waals surface area contributed by atoms with Gasteiger partial charge in [-0.3, -0.25) is 4.79 Å². The van der Waals surface area contributed by atoms with E-state index in [9.17, 15) is 4.79 Å². The molecule has 0 amide bonds. The molecule has 2 rings (SSSR count). The van der Waals surface area contributed by atoms with Gasteiger partial charge >= 0.3 is 0 Å². The normalized spacial score (nSPS) is 19.6. The van der Waals surface area contributed by atoms with Crippen molar-refractivity contribution < 1.29 is 4.79 Å². The van der Waals surface area contributed by atoms with E-state index in [1.807, 2.05) is 0 Å². The van der Waals surface area contributed by atoms with Crippen LogP contribution in [0.4, 0.5) is 0 Å². The Morgan fingerprint density at radius 3 is 2.67 bits per heavy atom. The van der Waals surface area contributed by atoms with Crippen molar-refractivity contribution in [1.82, 2.24) is 15.5 Å². The van der Waals surface area contributed by atoms with Gasteiger partial charge < -0.3 is 5.32 Å². The summed E-state index contributed by atoms with van der Waals surface area (Å²) in [6.07, 6.45) is 2.48. The molecule has 1 atom stereocenters. The lowest BCUT2D eigenvalue weighted by atomic mass is 9.98. The van der Waals surface area contributed by atoms with Gasteiger partial charge in [-0.15, -0.1) is 33.9 Å². The molecule has 102 valence electrons. The van der Waals surface area contributed by atoms with Crippen molar-refractivity contribution in [3.05, 3.63) is 10.0 Å². The largest absolute Gasteiger partial charge is 0.307 e. The zero-order valence-corrected chi connectivity index (χ0v) is 12.7. The van der Waals surface area contributed by atoms with Crippen LogP contribution < -0.4 is 5.32 Å². The zero-order valence-electron chi connectivity index (χ0n) is 11.0. The number of nitrogens with one attached hydrogen (secondary N) is 1. The molecule has 0 radical (unpaired) electrons. The van der Waals surface area contributed by atoms with Crippen LogP contribution in [0.25, 0.3) is 0 Å². The number of carbonyl (C=O) groups is 1. The molecule has 1 aliphatic rings. The standard InChI is InChI=1S/C12H19N3OS.ClH/c1-12(2,3)11-15-14-10(17-11)7-9(16)8-5-4-6-13-8;/h8,13H,4-7H2,1-3H3;1H/t8-;/m0./s1. The summed E-state index contributed by atoms with van der Waals surface area (Å²) in [7, 11) is 0. The molecule has 1 saturated heterocycles. The lowest BCUT2D eigenvalue weighted by Gasteiger charge is -2.12. The highest BCUT2D eigenvalue weighted by Gasteiger charge is 2.24. The first-order valence-electron chi connectivity index (χ1n) is 6.06. The van der Waals surface area contributed by atoms with Crippen LogP contribution in [0.15, 0.2) is 0 Å². The topological polar surface area (TPSA) is 54.9 Å². The van der Waals surface area contributed by atoms with Crippen LogP contribution in [0, 0.1) is 0 Å². The molecule has 18 heavy (non-hydrogen) atoms. The maximum absolute atomic E-state index is 12.0. The number of halogens is 1. The highest BCUT2D eigenvalue weighted by atomic mass is 35.5. The van der Waals surface area contributed by atoms with Crippen LogP contribution in [0.2, 0.25) is 0 Å². The fourth-order valence-electron chi connectivity index (χ4n) is 1.86. The summed E-state index contributed by atoms with van der Waals surface area (Å²) in [5.41, 5.74) is 0.0184. The molecule has 1 N–H and O–H groups in total. The van der Waals surface area contributed by atoms with E-state index in [4.69, 9.17) is 0 Å². The molecule has 1 aliphatic heterocycles. The Kier molecular flexibility index (Phi) is 5.25. The second-order valence-corrected chi connectivity index (χ2v) is 6.61. The van der Waals surface area contributed by atoms with E-state index in [1.165, 1.54) is 0 Å². The predicted molar refractivity (Wildman–Crippen MR) is 75.6 cm³/mol. The van der Waals surface area contributed by atoms with E-state index in [-0.39, 0.29) is 29.6 Å². The number of aromatic nitrogens is 2. The van der Waals surface area contributed by atoms with Crippen molar-refractivity contribution in [2.75, 3.05) is 6.54 Å². The van der Waals surface area contributed by atoms with E-state index in [0.29, 0.717) is 6.42 Å². The summed E-state index contributed by atoms with van der Waals surface area (Å²) in [6.45, 7) is 7.28. The van der Waals surface area contributed by atoms with Gasteiger partial charge in [0.1, 0.15) is 10.0 Å². The molecule has 1 fully saturated rings. The molecule has 0 unspecified atom stereocenters. The summed E-state index contributed by atoms with van der Waals surface area (Å²) in [5, 5.41) is 13.3. The Hall–Kier alpha value is -0.520. The maximum Gasteiger partial charge on any atom is 0.156 e. The summed E-state index contributed by atoms with van der Waals surface area (Å²) >= 11 is 1.56. The molecule has 0 spiro atoms. The fourth-order valence-corrected chi connectivity index (χ4v) is 2.77. The molecule has 0 aliphatic carbocycles. The molecule has 0 aromatic carbocycles. The van der Waals surface area contributed by atoms with E-state index >= 15 is 0 Å².